The van der Waals surface area contributed by atoms with Gasteiger partial charge in [-0.3, -0.25) is 0 Å². The highest BCUT2D eigenvalue weighted by Crippen LogP contribution is 2.26. The second kappa shape index (κ2) is 7.57. The van der Waals surface area contributed by atoms with E-state index < -0.39 is 11.6 Å². The van der Waals surface area contributed by atoms with Crippen LogP contribution >= 0.6 is 11.8 Å². The van der Waals surface area contributed by atoms with E-state index in [9.17, 15) is 8.78 Å². The molecule has 0 aliphatic heterocycles. The van der Waals surface area contributed by atoms with Crippen molar-refractivity contribution in [2.75, 3.05) is 12.3 Å². The summed E-state index contributed by atoms with van der Waals surface area (Å²) in [5.41, 5.74) is 1.73. The maximum absolute atomic E-state index is 13.9. The van der Waals surface area contributed by atoms with Gasteiger partial charge in [-0.25, -0.2) is 8.78 Å². The first kappa shape index (κ1) is 16.0. The van der Waals surface area contributed by atoms with E-state index in [1.807, 2.05) is 13.8 Å². The van der Waals surface area contributed by atoms with Gasteiger partial charge in [-0.2, -0.15) is 0 Å². The molecule has 0 spiro atoms. The summed E-state index contributed by atoms with van der Waals surface area (Å²) in [5.74, 6) is -0.345. The van der Waals surface area contributed by atoms with E-state index in [0.29, 0.717) is 11.3 Å². The first-order valence-corrected chi connectivity index (χ1v) is 7.96. The maximum Gasteiger partial charge on any atom is 0.130 e. The molecular formula is C17H19F2NS. The van der Waals surface area contributed by atoms with E-state index in [-0.39, 0.29) is 6.04 Å². The Bertz CT molecular complexity index is 584. The van der Waals surface area contributed by atoms with E-state index in [1.165, 1.54) is 17.7 Å². The van der Waals surface area contributed by atoms with Gasteiger partial charge >= 0.3 is 0 Å². The zero-order valence-electron chi connectivity index (χ0n) is 12.2. The molecule has 0 aliphatic carbocycles. The molecule has 4 heteroatoms. The molecule has 0 amide bonds. The molecule has 2 aromatic carbocycles. The Hall–Kier alpha value is -1.39. The number of hydrogen-bond donors (Lipinski definition) is 1. The molecule has 2 aromatic rings. The van der Waals surface area contributed by atoms with Gasteiger partial charge in [0.05, 0.1) is 0 Å². The van der Waals surface area contributed by atoms with Gasteiger partial charge in [-0.1, -0.05) is 30.7 Å². The van der Waals surface area contributed by atoms with Gasteiger partial charge in [-0.05, 0) is 31.7 Å². The Morgan fingerprint density at radius 2 is 1.81 bits per heavy atom. The Labute approximate surface area is 128 Å². The number of rotatable bonds is 6. The fourth-order valence-corrected chi connectivity index (χ4v) is 3.09. The zero-order valence-corrected chi connectivity index (χ0v) is 13.0. The van der Waals surface area contributed by atoms with Crippen LogP contribution in [-0.4, -0.2) is 12.3 Å². The minimum atomic E-state index is -0.544. The van der Waals surface area contributed by atoms with Crippen LogP contribution in [0.5, 0.6) is 0 Å². The number of benzene rings is 2. The zero-order chi connectivity index (χ0) is 15.2. The highest BCUT2D eigenvalue weighted by molar-refractivity contribution is 7.99. The Balaban J connectivity index is 2.09. The van der Waals surface area contributed by atoms with Crippen molar-refractivity contribution in [3.8, 4) is 0 Å². The molecule has 0 fully saturated rings. The van der Waals surface area contributed by atoms with Crippen LogP contribution in [0.4, 0.5) is 8.78 Å². The van der Waals surface area contributed by atoms with Gasteiger partial charge in [0.1, 0.15) is 11.6 Å². The van der Waals surface area contributed by atoms with Crippen molar-refractivity contribution in [1.82, 2.24) is 5.32 Å². The van der Waals surface area contributed by atoms with Crippen LogP contribution in [0.3, 0.4) is 0 Å². The lowest BCUT2D eigenvalue weighted by atomic mass is 10.1. The minimum Gasteiger partial charge on any atom is -0.309 e. The fraction of sp³-hybridized carbons (Fsp3) is 0.294. The largest absolute Gasteiger partial charge is 0.309 e. The first-order valence-electron chi connectivity index (χ1n) is 6.98. The van der Waals surface area contributed by atoms with Crippen molar-refractivity contribution >= 4 is 11.8 Å². The lowest BCUT2D eigenvalue weighted by Gasteiger charge is -2.18. The average Bonchev–Trinajstić information content (AvgIpc) is 2.46. The van der Waals surface area contributed by atoms with Gasteiger partial charge in [0, 0.05) is 28.3 Å². The summed E-state index contributed by atoms with van der Waals surface area (Å²) in [5, 5.41) is 3.26. The summed E-state index contributed by atoms with van der Waals surface area (Å²) in [6.45, 7) is 4.75. The van der Waals surface area contributed by atoms with Gasteiger partial charge in [0.15, 0.2) is 0 Å². The number of nitrogens with one attached hydrogen (secondary N) is 1. The Morgan fingerprint density at radius 1 is 1.10 bits per heavy atom. The summed E-state index contributed by atoms with van der Waals surface area (Å²) >= 11 is 1.66. The summed E-state index contributed by atoms with van der Waals surface area (Å²) in [6, 6.07) is 11.9. The van der Waals surface area contributed by atoms with Crippen LogP contribution in [0, 0.1) is 18.6 Å². The predicted octanol–water partition coefficient (Wildman–Crippen LogP) is 4.72. The molecule has 1 N–H and O–H groups in total. The molecule has 1 atom stereocenters. The molecule has 0 bridgehead atoms. The third-order valence-corrected chi connectivity index (χ3v) is 4.33. The van der Waals surface area contributed by atoms with Crippen molar-refractivity contribution in [2.24, 2.45) is 0 Å². The molecule has 0 radical (unpaired) electrons. The predicted molar refractivity (Wildman–Crippen MR) is 84.7 cm³/mol. The van der Waals surface area contributed by atoms with E-state index in [1.54, 1.807) is 11.8 Å². The van der Waals surface area contributed by atoms with Crippen molar-refractivity contribution in [3.63, 3.8) is 0 Å². The van der Waals surface area contributed by atoms with E-state index in [0.717, 1.165) is 17.5 Å². The van der Waals surface area contributed by atoms with Crippen LogP contribution in [0.2, 0.25) is 0 Å². The van der Waals surface area contributed by atoms with Crippen LogP contribution < -0.4 is 5.32 Å². The molecule has 0 aromatic heterocycles. The molecule has 0 saturated carbocycles. The van der Waals surface area contributed by atoms with Gasteiger partial charge in [0.25, 0.3) is 0 Å². The molecule has 0 saturated heterocycles. The summed E-state index contributed by atoms with van der Waals surface area (Å²) in [6.07, 6.45) is 0. The molecular weight excluding hydrogens is 288 g/mol. The number of aryl methyl sites for hydroxylation is 1. The monoisotopic (exact) mass is 307 g/mol. The smallest absolute Gasteiger partial charge is 0.130 e. The Morgan fingerprint density at radius 3 is 2.43 bits per heavy atom. The maximum atomic E-state index is 13.9. The normalized spacial score (nSPS) is 12.4. The molecule has 21 heavy (non-hydrogen) atoms. The Kier molecular flexibility index (Phi) is 5.76. The molecule has 1 nitrogen and oxygen atoms in total. The van der Waals surface area contributed by atoms with Crippen molar-refractivity contribution in [2.45, 2.75) is 24.8 Å². The second-order valence-electron chi connectivity index (χ2n) is 4.90. The topological polar surface area (TPSA) is 12.0 Å². The van der Waals surface area contributed by atoms with Crippen molar-refractivity contribution < 1.29 is 8.78 Å². The lowest BCUT2D eigenvalue weighted by molar-refractivity contribution is 0.531. The van der Waals surface area contributed by atoms with E-state index in [4.69, 9.17) is 0 Å². The molecule has 112 valence electrons. The standard InChI is InChI=1S/C17H19F2NS/c1-3-20-17(15-9-6-13(18)10-16(15)19)11-21-14-7-4-12(2)5-8-14/h4-10,17,20H,3,11H2,1-2H3. The van der Waals surface area contributed by atoms with Gasteiger partial charge < -0.3 is 5.32 Å². The van der Waals surface area contributed by atoms with E-state index >= 15 is 0 Å². The lowest BCUT2D eigenvalue weighted by Crippen LogP contribution is -2.24. The summed E-state index contributed by atoms with van der Waals surface area (Å²) in [7, 11) is 0. The summed E-state index contributed by atoms with van der Waals surface area (Å²) in [4.78, 5) is 1.14. The highest BCUT2D eigenvalue weighted by atomic mass is 32.2. The summed E-state index contributed by atoms with van der Waals surface area (Å²) < 4.78 is 26.9. The van der Waals surface area contributed by atoms with Crippen molar-refractivity contribution in [1.29, 1.82) is 0 Å². The minimum absolute atomic E-state index is 0.137. The molecule has 1 unspecified atom stereocenters. The number of thioether (sulfide) groups is 1. The third kappa shape index (κ3) is 4.55. The quantitative estimate of drug-likeness (QED) is 0.775. The highest BCUT2D eigenvalue weighted by Gasteiger charge is 2.15. The fourth-order valence-electron chi connectivity index (χ4n) is 2.10. The average molecular weight is 307 g/mol. The van der Waals surface area contributed by atoms with Crippen LogP contribution in [0.25, 0.3) is 0 Å². The van der Waals surface area contributed by atoms with Crippen LogP contribution in [0.15, 0.2) is 47.4 Å². The van der Waals surface area contributed by atoms with Crippen LogP contribution in [0.1, 0.15) is 24.1 Å². The second-order valence-corrected chi connectivity index (χ2v) is 5.99. The van der Waals surface area contributed by atoms with Crippen molar-refractivity contribution in [3.05, 3.63) is 65.2 Å². The van der Waals surface area contributed by atoms with E-state index in [2.05, 4.69) is 29.6 Å². The molecule has 2 rings (SSSR count). The number of halogens is 2. The van der Waals surface area contributed by atoms with Crippen LogP contribution in [-0.2, 0) is 0 Å². The SMILES string of the molecule is CCNC(CSc1ccc(C)cc1)c1ccc(F)cc1F. The first-order chi connectivity index (χ1) is 10.1. The number of hydrogen-bond acceptors (Lipinski definition) is 2. The molecule has 0 heterocycles. The van der Waals surface area contributed by atoms with Gasteiger partial charge in [0.2, 0.25) is 0 Å². The molecule has 0 aliphatic rings. The van der Waals surface area contributed by atoms with Gasteiger partial charge in [-0.15, -0.1) is 11.8 Å². The third-order valence-electron chi connectivity index (χ3n) is 3.23.